The molecule has 1 heterocycles. The van der Waals surface area contributed by atoms with Crippen LogP contribution in [0.5, 0.6) is 0 Å². The van der Waals surface area contributed by atoms with Crippen LogP contribution in [0.1, 0.15) is 71.8 Å². The molecule has 4 aromatic rings. The second-order valence-corrected chi connectivity index (χ2v) is 11.2. The SMILES string of the molecule is CC(C)(C)[C@@H](NCCCC1C(=O)c2ccccc2C1=O)c1nc(-c2ccccc2)cn1Cc1ccccc1. The van der Waals surface area contributed by atoms with Crippen LogP contribution in [0, 0.1) is 11.3 Å². The topological polar surface area (TPSA) is 64.0 Å². The molecule has 0 saturated heterocycles. The number of hydrogen-bond donors (Lipinski definition) is 1. The highest BCUT2D eigenvalue weighted by Gasteiger charge is 2.37. The number of fused-ring (bicyclic) bond motifs is 1. The first kappa shape index (κ1) is 25.8. The Kier molecular flexibility index (Phi) is 7.39. The van der Waals surface area contributed by atoms with Crippen molar-refractivity contribution in [1.82, 2.24) is 14.9 Å². The summed E-state index contributed by atoms with van der Waals surface area (Å²) in [6.07, 6.45) is 3.42. The number of nitrogens with zero attached hydrogens (tertiary/aromatic N) is 2. The maximum Gasteiger partial charge on any atom is 0.174 e. The highest BCUT2D eigenvalue weighted by molar-refractivity contribution is 6.26. The van der Waals surface area contributed by atoms with Crippen molar-refractivity contribution in [3.05, 3.63) is 114 Å². The van der Waals surface area contributed by atoms with Gasteiger partial charge in [0.2, 0.25) is 0 Å². The van der Waals surface area contributed by atoms with Crippen molar-refractivity contribution in [3.8, 4) is 11.3 Å². The van der Waals surface area contributed by atoms with Crippen LogP contribution >= 0.6 is 0 Å². The van der Waals surface area contributed by atoms with E-state index in [4.69, 9.17) is 4.98 Å². The second-order valence-electron chi connectivity index (χ2n) is 11.2. The van der Waals surface area contributed by atoms with Gasteiger partial charge in [0.05, 0.1) is 17.7 Å². The van der Waals surface area contributed by atoms with Crippen LogP contribution in [-0.2, 0) is 6.54 Å². The molecule has 38 heavy (non-hydrogen) atoms. The molecule has 5 heteroatoms. The van der Waals surface area contributed by atoms with Crippen LogP contribution in [0.2, 0.25) is 0 Å². The molecule has 1 aliphatic carbocycles. The van der Waals surface area contributed by atoms with Gasteiger partial charge < -0.3 is 9.88 Å². The van der Waals surface area contributed by atoms with Crippen molar-refractivity contribution < 1.29 is 9.59 Å². The molecule has 1 aromatic heterocycles. The van der Waals surface area contributed by atoms with Gasteiger partial charge in [-0.2, -0.15) is 0 Å². The van der Waals surface area contributed by atoms with E-state index in [9.17, 15) is 9.59 Å². The molecule has 0 aliphatic heterocycles. The van der Waals surface area contributed by atoms with Crippen molar-refractivity contribution in [1.29, 1.82) is 0 Å². The molecular formula is C33H35N3O2. The maximum absolute atomic E-state index is 12.8. The predicted octanol–water partition coefficient (Wildman–Crippen LogP) is 6.75. The normalized spacial score (nSPS) is 14.6. The lowest BCUT2D eigenvalue weighted by atomic mass is 9.85. The lowest BCUT2D eigenvalue weighted by Gasteiger charge is -2.32. The molecule has 1 aliphatic rings. The smallest absolute Gasteiger partial charge is 0.174 e. The molecule has 0 saturated carbocycles. The van der Waals surface area contributed by atoms with Crippen LogP contribution < -0.4 is 5.32 Å². The first-order chi connectivity index (χ1) is 18.3. The molecule has 1 N–H and O–H groups in total. The number of ketones is 2. The van der Waals surface area contributed by atoms with Crippen molar-refractivity contribution in [2.75, 3.05) is 6.54 Å². The summed E-state index contributed by atoms with van der Waals surface area (Å²) in [6.45, 7) is 8.07. The summed E-state index contributed by atoms with van der Waals surface area (Å²) < 4.78 is 2.25. The van der Waals surface area contributed by atoms with Crippen molar-refractivity contribution in [2.24, 2.45) is 11.3 Å². The fourth-order valence-corrected chi connectivity index (χ4v) is 5.32. The van der Waals surface area contributed by atoms with E-state index in [2.05, 4.69) is 73.3 Å². The van der Waals surface area contributed by atoms with Gasteiger partial charge >= 0.3 is 0 Å². The van der Waals surface area contributed by atoms with Crippen molar-refractivity contribution in [2.45, 2.75) is 46.2 Å². The zero-order valence-corrected chi connectivity index (χ0v) is 22.4. The lowest BCUT2D eigenvalue weighted by molar-refractivity contribution is 0.0828. The number of imidazole rings is 1. The second kappa shape index (κ2) is 10.9. The van der Waals surface area contributed by atoms with Gasteiger partial charge in [-0.15, -0.1) is 0 Å². The van der Waals surface area contributed by atoms with Crippen molar-refractivity contribution in [3.63, 3.8) is 0 Å². The highest BCUT2D eigenvalue weighted by atomic mass is 16.2. The Hall–Kier alpha value is -3.83. The van der Waals surface area contributed by atoms with Gasteiger partial charge in [-0.3, -0.25) is 9.59 Å². The molecule has 194 valence electrons. The van der Waals surface area contributed by atoms with Crippen LogP contribution in [0.25, 0.3) is 11.3 Å². The van der Waals surface area contributed by atoms with E-state index >= 15 is 0 Å². The minimum atomic E-state index is -0.563. The van der Waals surface area contributed by atoms with Gasteiger partial charge in [0.25, 0.3) is 0 Å². The average molecular weight is 506 g/mol. The summed E-state index contributed by atoms with van der Waals surface area (Å²) in [5.41, 5.74) is 4.29. The monoisotopic (exact) mass is 505 g/mol. The molecule has 0 spiro atoms. The average Bonchev–Trinajstić information content (AvgIpc) is 3.43. The first-order valence-electron chi connectivity index (χ1n) is 13.4. The Labute approximate surface area is 224 Å². The van der Waals surface area contributed by atoms with E-state index in [0.29, 0.717) is 24.1 Å². The number of carbonyl (C=O) groups excluding carboxylic acids is 2. The van der Waals surface area contributed by atoms with Gasteiger partial charge in [-0.1, -0.05) is 106 Å². The molecule has 3 aromatic carbocycles. The summed E-state index contributed by atoms with van der Waals surface area (Å²) in [7, 11) is 0. The Balaban J connectivity index is 1.35. The Morgan fingerprint density at radius 1 is 0.842 bits per heavy atom. The number of hydrogen-bond acceptors (Lipinski definition) is 4. The zero-order valence-electron chi connectivity index (χ0n) is 22.4. The molecule has 5 rings (SSSR count). The fourth-order valence-electron chi connectivity index (χ4n) is 5.32. The maximum atomic E-state index is 12.8. The third-order valence-corrected chi connectivity index (χ3v) is 7.31. The third-order valence-electron chi connectivity index (χ3n) is 7.31. The quantitative estimate of drug-likeness (QED) is 0.202. The Bertz CT molecular complexity index is 1380. The lowest BCUT2D eigenvalue weighted by Crippen LogP contribution is -2.35. The molecule has 0 unspecified atom stereocenters. The number of nitrogens with one attached hydrogen (secondary N) is 1. The highest BCUT2D eigenvalue weighted by Crippen LogP contribution is 2.35. The molecule has 1 atom stereocenters. The molecule has 0 bridgehead atoms. The number of benzene rings is 3. The minimum absolute atomic E-state index is 0.0177. The van der Waals surface area contributed by atoms with E-state index in [1.807, 2.05) is 36.4 Å². The fraction of sp³-hybridized carbons (Fsp3) is 0.303. The number of rotatable bonds is 9. The van der Waals surface area contributed by atoms with E-state index in [1.165, 1.54) is 5.56 Å². The van der Waals surface area contributed by atoms with Crippen molar-refractivity contribution >= 4 is 11.6 Å². The zero-order chi connectivity index (χ0) is 26.7. The molecule has 5 nitrogen and oxygen atoms in total. The van der Waals surface area contributed by atoms with Crippen LogP contribution in [0.4, 0.5) is 0 Å². The largest absolute Gasteiger partial charge is 0.329 e. The third kappa shape index (κ3) is 5.39. The number of Topliss-reactive ketones (excluding diaryl/α,β-unsaturated/α-hetero) is 2. The van der Waals surface area contributed by atoms with Crippen LogP contribution in [0.3, 0.4) is 0 Å². The summed E-state index contributed by atoms with van der Waals surface area (Å²) in [4.78, 5) is 30.8. The van der Waals surface area contributed by atoms with Crippen LogP contribution in [0.15, 0.2) is 91.1 Å². The number of carbonyl (C=O) groups is 2. The molecule has 0 radical (unpaired) electrons. The van der Waals surface area contributed by atoms with E-state index in [-0.39, 0.29) is 23.0 Å². The standard InChI is InChI=1S/C33H35N3O2/c1-33(2,3)31(34-20-12-19-27-29(37)25-17-10-11-18-26(25)30(27)38)32-35-28(24-15-8-5-9-16-24)22-36(32)21-23-13-6-4-7-14-23/h4-11,13-18,22,27,31,34H,12,19-21H2,1-3H3/t31-/m0/s1. The van der Waals surface area contributed by atoms with Gasteiger partial charge in [-0.05, 0) is 30.4 Å². The van der Waals surface area contributed by atoms with E-state index in [1.54, 1.807) is 12.1 Å². The van der Waals surface area contributed by atoms with Gasteiger partial charge in [0, 0.05) is 29.4 Å². The summed E-state index contributed by atoms with van der Waals surface area (Å²) in [5.74, 6) is 0.348. The molecular weight excluding hydrogens is 470 g/mol. The summed E-state index contributed by atoms with van der Waals surface area (Å²) in [6, 6.07) is 27.9. The van der Waals surface area contributed by atoms with Crippen LogP contribution in [-0.4, -0.2) is 27.7 Å². The summed E-state index contributed by atoms with van der Waals surface area (Å²) >= 11 is 0. The van der Waals surface area contributed by atoms with E-state index < -0.39 is 5.92 Å². The first-order valence-corrected chi connectivity index (χ1v) is 13.4. The van der Waals surface area contributed by atoms with Gasteiger partial charge in [-0.25, -0.2) is 4.98 Å². The minimum Gasteiger partial charge on any atom is -0.329 e. The Morgan fingerprint density at radius 2 is 1.42 bits per heavy atom. The summed E-state index contributed by atoms with van der Waals surface area (Å²) in [5, 5.41) is 3.74. The van der Waals surface area contributed by atoms with E-state index in [0.717, 1.165) is 30.0 Å². The van der Waals surface area contributed by atoms with Gasteiger partial charge in [0.15, 0.2) is 11.6 Å². The van der Waals surface area contributed by atoms with Gasteiger partial charge in [0.1, 0.15) is 5.82 Å². The molecule has 0 fully saturated rings. The predicted molar refractivity (Wildman–Crippen MR) is 151 cm³/mol. The number of aromatic nitrogens is 2. The molecule has 0 amide bonds. The Morgan fingerprint density at radius 3 is 2.03 bits per heavy atom.